The molecule has 3 aliphatic rings. The summed E-state index contributed by atoms with van der Waals surface area (Å²) < 4.78 is 0. The smallest absolute Gasteiger partial charge is 0.317 e. The number of hydrogen-bond acceptors (Lipinski definition) is 2. The standard InChI is InChI=1S/C22H31N3O2/c26-21(23-20-12-11-16-6-4-7-17(16)14-20)18-8-5-13-25(15-18)22(27)24-19-9-2-1-3-10-19/h11-12,14,18-19H,1-10,13,15H2,(H,23,26)(H,24,27). The van der Waals surface area contributed by atoms with Crippen molar-refractivity contribution in [3.8, 4) is 0 Å². The van der Waals surface area contributed by atoms with E-state index in [1.165, 1.54) is 36.8 Å². The first-order valence-corrected chi connectivity index (χ1v) is 10.7. The Labute approximate surface area is 161 Å². The first-order valence-electron chi connectivity index (χ1n) is 10.7. The van der Waals surface area contributed by atoms with E-state index >= 15 is 0 Å². The molecule has 5 nitrogen and oxygen atoms in total. The number of anilines is 1. The number of aryl methyl sites for hydroxylation is 2. The number of carbonyl (C=O) groups is 2. The second-order valence-electron chi connectivity index (χ2n) is 8.40. The van der Waals surface area contributed by atoms with Gasteiger partial charge in [-0.3, -0.25) is 4.79 Å². The lowest BCUT2D eigenvalue weighted by Gasteiger charge is -2.34. The van der Waals surface area contributed by atoms with E-state index in [4.69, 9.17) is 0 Å². The Morgan fingerprint density at radius 1 is 0.926 bits per heavy atom. The van der Waals surface area contributed by atoms with Gasteiger partial charge in [0, 0.05) is 24.8 Å². The summed E-state index contributed by atoms with van der Waals surface area (Å²) in [6.45, 7) is 1.27. The molecule has 2 N–H and O–H groups in total. The second kappa shape index (κ2) is 8.32. The highest BCUT2D eigenvalue weighted by Crippen LogP contribution is 2.26. The van der Waals surface area contributed by atoms with Crippen LogP contribution in [0.2, 0.25) is 0 Å². The number of fused-ring (bicyclic) bond motifs is 1. The van der Waals surface area contributed by atoms with Gasteiger partial charge < -0.3 is 15.5 Å². The summed E-state index contributed by atoms with van der Waals surface area (Å²) in [6, 6.07) is 6.60. The maximum atomic E-state index is 12.8. The van der Waals surface area contributed by atoms with Crippen LogP contribution in [0.15, 0.2) is 18.2 Å². The van der Waals surface area contributed by atoms with Gasteiger partial charge in [0.15, 0.2) is 0 Å². The third-order valence-electron chi connectivity index (χ3n) is 6.38. The van der Waals surface area contributed by atoms with Gasteiger partial charge in [-0.25, -0.2) is 4.79 Å². The van der Waals surface area contributed by atoms with Gasteiger partial charge in [0.05, 0.1) is 5.92 Å². The Bertz CT molecular complexity index is 697. The number of piperidine rings is 1. The van der Waals surface area contributed by atoms with Crippen molar-refractivity contribution in [2.24, 2.45) is 5.92 Å². The first-order chi connectivity index (χ1) is 13.2. The number of rotatable bonds is 3. The minimum atomic E-state index is -0.121. The zero-order valence-electron chi connectivity index (χ0n) is 16.1. The van der Waals surface area contributed by atoms with Crippen LogP contribution in [0.4, 0.5) is 10.5 Å². The van der Waals surface area contributed by atoms with Gasteiger partial charge in [-0.05, 0) is 68.2 Å². The molecule has 27 heavy (non-hydrogen) atoms. The summed E-state index contributed by atoms with van der Waals surface area (Å²) in [6.07, 6.45) is 11.1. The number of nitrogens with one attached hydrogen (secondary N) is 2. The lowest BCUT2D eigenvalue weighted by atomic mass is 9.95. The average molecular weight is 370 g/mol. The quantitative estimate of drug-likeness (QED) is 0.850. The molecule has 1 saturated heterocycles. The minimum absolute atomic E-state index is 0.0110. The molecule has 0 bridgehead atoms. The highest BCUT2D eigenvalue weighted by molar-refractivity contribution is 5.93. The van der Waals surface area contributed by atoms with Gasteiger partial charge in [0.25, 0.3) is 0 Å². The molecule has 146 valence electrons. The molecule has 0 spiro atoms. The van der Waals surface area contributed by atoms with Crippen LogP contribution < -0.4 is 10.6 Å². The maximum Gasteiger partial charge on any atom is 0.317 e. The normalized spacial score (nSPS) is 23.0. The van der Waals surface area contributed by atoms with Crippen molar-refractivity contribution < 1.29 is 9.59 Å². The third kappa shape index (κ3) is 4.45. The van der Waals surface area contributed by atoms with Crippen molar-refractivity contribution in [1.82, 2.24) is 10.2 Å². The number of carbonyl (C=O) groups excluding carboxylic acids is 2. The number of hydrogen-bond donors (Lipinski definition) is 2. The van der Waals surface area contributed by atoms with Crippen LogP contribution in [0.3, 0.4) is 0 Å². The molecule has 4 rings (SSSR count). The number of benzene rings is 1. The molecule has 2 fully saturated rings. The SMILES string of the molecule is O=C(Nc1ccc2c(c1)CCC2)C1CCCN(C(=O)NC2CCCCC2)C1. The van der Waals surface area contributed by atoms with Crippen molar-refractivity contribution in [2.45, 2.75) is 70.3 Å². The van der Waals surface area contributed by atoms with Gasteiger partial charge in [-0.15, -0.1) is 0 Å². The van der Waals surface area contributed by atoms with Crippen LogP contribution in [0.5, 0.6) is 0 Å². The predicted molar refractivity (Wildman–Crippen MR) is 107 cm³/mol. The van der Waals surface area contributed by atoms with Crippen LogP contribution in [-0.4, -0.2) is 36.0 Å². The van der Waals surface area contributed by atoms with Crippen LogP contribution in [-0.2, 0) is 17.6 Å². The lowest BCUT2D eigenvalue weighted by molar-refractivity contribution is -0.121. The summed E-state index contributed by atoms with van der Waals surface area (Å²) in [5.74, 6) is -0.0766. The lowest BCUT2D eigenvalue weighted by Crippen LogP contribution is -2.50. The van der Waals surface area contributed by atoms with Crippen LogP contribution in [0.25, 0.3) is 0 Å². The maximum absolute atomic E-state index is 12.8. The van der Waals surface area contributed by atoms with E-state index in [9.17, 15) is 9.59 Å². The van der Waals surface area contributed by atoms with Gasteiger partial charge in [0.1, 0.15) is 0 Å². The summed E-state index contributed by atoms with van der Waals surface area (Å²) >= 11 is 0. The highest BCUT2D eigenvalue weighted by Gasteiger charge is 2.29. The average Bonchev–Trinajstić information content (AvgIpc) is 3.16. The van der Waals surface area contributed by atoms with Crippen molar-refractivity contribution >= 4 is 17.6 Å². The molecule has 2 aliphatic carbocycles. The van der Waals surface area contributed by atoms with E-state index in [1.54, 1.807) is 0 Å². The summed E-state index contributed by atoms with van der Waals surface area (Å²) in [7, 11) is 0. The molecular formula is C22H31N3O2. The molecule has 1 atom stereocenters. The van der Waals surface area contributed by atoms with Crippen LogP contribution in [0.1, 0.15) is 62.5 Å². The Kier molecular flexibility index (Phi) is 5.65. The largest absolute Gasteiger partial charge is 0.335 e. The van der Waals surface area contributed by atoms with Crippen molar-refractivity contribution in [3.63, 3.8) is 0 Å². The molecule has 1 unspecified atom stereocenters. The Morgan fingerprint density at radius 2 is 1.74 bits per heavy atom. The van der Waals surface area contributed by atoms with E-state index < -0.39 is 0 Å². The number of urea groups is 1. The molecule has 1 heterocycles. The summed E-state index contributed by atoms with van der Waals surface area (Å²) in [4.78, 5) is 27.2. The fraction of sp³-hybridized carbons (Fsp3) is 0.636. The van der Waals surface area contributed by atoms with Crippen molar-refractivity contribution in [1.29, 1.82) is 0 Å². The Hall–Kier alpha value is -2.04. The van der Waals surface area contributed by atoms with Gasteiger partial charge in [-0.1, -0.05) is 25.3 Å². The van der Waals surface area contributed by atoms with E-state index in [1.807, 2.05) is 11.0 Å². The minimum Gasteiger partial charge on any atom is -0.335 e. The molecular weight excluding hydrogens is 338 g/mol. The summed E-state index contributed by atoms with van der Waals surface area (Å²) in [5, 5.41) is 6.27. The Morgan fingerprint density at radius 3 is 2.59 bits per heavy atom. The number of amides is 3. The highest BCUT2D eigenvalue weighted by atomic mass is 16.2. The predicted octanol–water partition coefficient (Wildman–Crippen LogP) is 3.87. The zero-order chi connectivity index (χ0) is 18.6. The van der Waals surface area contributed by atoms with Gasteiger partial charge >= 0.3 is 6.03 Å². The number of likely N-dealkylation sites (tertiary alicyclic amines) is 1. The molecule has 5 heteroatoms. The van der Waals surface area contributed by atoms with Crippen molar-refractivity contribution in [2.75, 3.05) is 18.4 Å². The van der Waals surface area contributed by atoms with E-state index in [2.05, 4.69) is 22.8 Å². The van der Waals surface area contributed by atoms with E-state index in [-0.39, 0.29) is 17.9 Å². The molecule has 1 aromatic carbocycles. The monoisotopic (exact) mass is 369 g/mol. The molecule has 1 aromatic rings. The topological polar surface area (TPSA) is 61.4 Å². The zero-order valence-corrected chi connectivity index (χ0v) is 16.1. The molecule has 0 radical (unpaired) electrons. The second-order valence-corrected chi connectivity index (χ2v) is 8.40. The Balaban J connectivity index is 1.31. The molecule has 3 amide bonds. The number of nitrogens with zero attached hydrogens (tertiary/aromatic N) is 1. The molecule has 1 saturated carbocycles. The van der Waals surface area contributed by atoms with E-state index in [0.29, 0.717) is 12.6 Å². The fourth-order valence-electron chi connectivity index (χ4n) is 4.78. The third-order valence-corrected chi connectivity index (χ3v) is 6.38. The summed E-state index contributed by atoms with van der Waals surface area (Å²) in [5.41, 5.74) is 3.67. The molecule has 1 aliphatic heterocycles. The van der Waals surface area contributed by atoms with Crippen molar-refractivity contribution in [3.05, 3.63) is 29.3 Å². The first kappa shape index (κ1) is 18.3. The van der Waals surface area contributed by atoms with E-state index in [0.717, 1.165) is 50.8 Å². The fourth-order valence-corrected chi connectivity index (χ4v) is 4.78. The van der Waals surface area contributed by atoms with Gasteiger partial charge in [0.2, 0.25) is 5.91 Å². The molecule has 0 aromatic heterocycles. The van der Waals surface area contributed by atoms with Crippen LogP contribution >= 0.6 is 0 Å². The van der Waals surface area contributed by atoms with Gasteiger partial charge in [-0.2, -0.15) is 0 Å². The van der Waals surface area contributed by atoms with Crippen LogP contribution in [0, 0.1) is 5.92 Å².